The summed E-state index contributed by atoms with van der Waals surface area (Å²) in [6, 6.07) is 0. The molecule has 1 aliphatic heterocycles. The van der Waals surface area contributed by atoms with Gasteiger partial charge in [0.25, 0.3) is 0 Å². The molecule has 1 N–H and O–H groups in total. The summed E-state index contributed by atoms with van der Waals surface area (Å²) in [5.41, 5.74) is 0. The predicted octanol–water partition coefficient (Wildman–Crippen LogP) is 0.787. The standard InChI is InChI=1S/C8H10F3NO/c1-13-7-5-12-4-6(7)2-3-8(9,10)11/h6-7,12H,4-5H2,1H3/t6-,7-/m1/s1. The number of ether oxygens (including phenoxy) is 1. The van der Waals surface area contributed by atoms with Crippen molar-refractivity contribution in [2.24, 2.45) is 5.92 Å². The maximum Gasteiger partial charge on any atom is 0.457 e. The molecule has 0 bridgehead atoms. The van der Waals surface area contributed by atoms with Gasteiger partial charge in [0, 0.05) is 26.1 Å². The van der Waals surface area contributed by atoms with E-state index in [1.54, 1.807) is 0 Å². The van der Waals surface area contributed by atoms with E-state index in [1.165, 1.54) is 13.0 Å². The highest BCUT2D eigenvalue weighted by Crippen LogP contribution is 2.15. The van der Waals surface area contributed by atoms with Crippen molar-refractivity contribution in [1.82, 2.24) is 5.32 Å². The minimum absolute atomic E-state index is 0.227. The second-order valence-corrected chi connectivity index (χ2v) is 2.81. The summed E-state index contributed by atoms with van der Waals surface area (Å²) in [6.45, 7) is 1.02. The van der Waals surface area contributed by atoms with Crippen molar-refractivity contribution >= 4 is 0 Å². The molecule has 0 radical (unpaired) electrons. The molecule has 74 valence electrons. The van der Waals surface area contributed by atoms with Crippen molar-refractivity contribution < 1.29 is 17.9 Å². The lowest BCUT2D eigenvalue weighted by Crippen LogP contribution is -2.20. The van der Waals surface area contributed by atoms with Crippen LogP contribution in [-0.2, 0) is 4.74 Å². The summed E-state index contributed by atoms with van der Waals surface area (Å²) in [6.07, 6.45) is -4.63. The molecule has 0 spiro atoms. The molecule has 2 nitrogen and oxygen atoms in total. The van der Waals surface area contributed by atoms with Gasteiger partial charge in [-0.15, -0.1) is 0 Å². The average molecular weight is 193 g/mol. The zero-order valence-corrected chi connectivity index (χ0v) is 7.11. The lowest BCUT2D eigenvalue weighted by molar-refractivity contribution is -0.0699. The quantitative estimate of drug-likeness (QED) is 0.621. The van der Waals surface area contributed by atoms with E-state index in [2.05, 4.69) is 11.2 Å². The molecule has 1 fully saturated rings. The first-order valence-electron chi connectivity index (χ1n) is 3.86. The Bertz CT molecular complexity index is 228. The molecule has 0 saturated carbocycles. The van der Waals surface area contributed by atoms with Gasteiger partial charge in [0.05, 0.1) is 12.0 Å². The van der Waals surface area contributed by atoms with E-state index >= 15 is 0 Å². The van der Waals surface area contributed by atoms with E-state index in [0.29, 0.717) is 13.1 Å². The minimum Gasteiger partial charge on any atom is -0.379 e. The van der Waals surface area contributed by atoms with Crippen LogP contribution in [0.5, 0.6) is 0 Å². The maximum atomic E-state index is 11.7. The number of alkyl halides is 3. The van der Waals surface area contributed by atoms with E-state index in [1.807, 2.05) is 0 Å². The van der Waals surface area contributed by atoms with Crippen molar-refractivity contribution in [3.63, 3.8) is 0 Å². The SMILES string of the molecule is CO[C@@H]1CNC[C@H]1C#CC(F)(F)F. The zero-order chi connectivity index (χ0) is 9.90. The first-order chi connectivity index (χ1) is 6.03. The van der Waals surface area contributed by atoms with Gasteiger partial charge in [0.2, 0.25) is 0 Å². The van der Waals surface area contributed by atoms with Crippen LogP contribution >= 0.6 is 0 Å². The van der Waals surface area contributed by atoms with Gasteiger partial charge in [-0.05, 0) is 0 Å². The van der Waals surface area contributed by atoms with Gasteiger partial charge in [-0.25, -0.2) is 0 Å². The molecule has 1 heterocycles. The van der Waals surface area contributed by atoms with E-state index < -0.39 is 6.18 Å². The molecule has 1 aliphatic rings. The van der Waals surface area contributed by atoms with Gasteiger partial charge in [0.15, 0.2) is 0 Å². The van der Waals surface area contributed by atoms with Crippen molar-refractivity contribution in [3.8, 4) is 11.8 Å². The van der Waals surface area contributed by atoms with Crippen molar-refractivity contribution in [2.75, 3.05) is 20.2 Å². The Morgan fingerprint density at radius 2 is 2.08 bits per heavy atom. The monoisotopic (exact) mass is 193 g/mol. The second-order valence-electron chi connectivity index (χ2n) is 2.81. The Kier molecular flexibility index (Phi) is 3.17. The zero-order valence-electron chi connectivity index (χ0n) is 7.11. The van der Waals surface area contributed by atoms with Crippen LogP contribution in [-0.4, -0.2) is 32.5 Å². The van der Waals surface area contributed by atoms with Crippen LogP contribution in [0.3, 0.4) is 0 Å². The summed E-state index contributed by atoms with van der Waals surface area (Å²) in [5, 5.41) is 2.91. The molecule has 5 heteroatoms. The molecule has 0 aromatic rings. The minimum atomic E-state index is -4.40. The summed E-state index contributed by atoms with van der Waals surface area (Å²) >= 11 is 0. The largest absolute Gasteiger partial charge is 0.457 e. The van der Waals surface area contributed by atoms with Crippen LogP contribution < -0.4 is 5.32 Å². The van der Waals surface area contributed by atoms with Gasteiger partial charge in [-0.2, -0.15) is 13.2 Å². The Labute approximate surface area is 74.4 Å². The third-order valence-electron chi connectivity index (χ3n) is 1.86. The van der Waals surface area contributed by atoms with Crippen LogP contribution in [0.4, 0.5) is 13.2 Å². The number of halogens is 3. The third-order valence-corrected chi connectivity index (χ3v) is 1.86. The summed E-state index contributed by atoms with van der Waals surface area (Å²) < 4.78 is 40.1. The van der Waals surface area contributed by atoms with Crippen molar-refractivity contribution in [3.05, 3.63) is 0 Å². The Balaban J connectivity index is 2.56. The number of nitrogens with one attached hydrogen (secondary N) is 1. The second kappa shape index (κ2) is 3.99. The van der Waals surface area contributed by atoms with Gasteiger partial charge >= 0.3 is 6.18 Å². The van der Waals surface area contributed by atoms with Gasteiger partial charge in [-0.3, -0.25) is 0 Å². The van der Waals surface area contributed by atoms with Crippen LogP contribution in [0, 0.1) is 17.8 Å². The molecule has 0 aromatic heterocycles. The Hall–Kier alpha value is -0.730. The molecule has 1 saturated heterocycles. The fourth-order valence-electron chi connectivity index (χ4n) is 1.22. The lowest BCUT2D eigenvalue weighted by Gasteiger charge is -2.10. The molecule has 0 amide bonds. The molecule has 1 rings (SSSR count). The Morgan fingerprint density at radius 3 is 2.62 bits per heavy atom. The van der Waals surface area contributed by atoms with E-state index in [9.17, 15) is 13.2 Å². The molecule has 2 atom stereocenters. The highest BCUT2D eigenvalue weighted by atomic mass is 19.4. The fraction of sp³-hybridized carbons (Fsp3) is 0.750. The maximum absolute atomic E-state index is 11.7. The van der Waals surface area contributed by atoms with Crippen molar-refractivity contribution in [2.45, 2.75) is 12.3 Å². The van der Waals surface area contributed by atoms with Gasteiger partial charge in [0.1, 0.15) is 0 Å². The summed E-state index contributed by atoms with van der Waals surface area (Å²) in [7, 11) is 1.47. The molecule has 0 aliphatic carbocycles. The number of methoxy groups -OCH3 is 1. The first-order valence-corrected chi connectivity index (χ1v) is 3.86. The van der Waals surface area contributed by atoms with Crippen LogP contribution in [0.25, 0.3) is 0 Å². The molecule has 0 unspecified atom stereocenters. The van der Waals surface area contributed by atoms with E-state index in [0.717, 1.165) is 0 Å². The highest BCUT2D eigenvalue weighted by molar-refractivity contribution is 5.12. The van der Waals surface area contributed by atoms with E-state index in [-0.39, 0.29) is 12.0 Å². The number of rotatable bonds is 1. The first kappa shape index (κ1) is 10.4. The lowest BCUT2D eigenvalue weighted by atomic mass is 10.1. The highest BCUT2D eigenvalue weighted by Gasteiger charge is 2.28. The van der Waals surface area contributed by atoms with Gasteiger partial charge < -0.3 is 10.1 Å². The summed E-state index contributed by atoms with van der Waals surface area (Å²) in [4.78, 5) is 0. The molecule has 13 heavy (non-hydrogen) atoms. The normalized spacial score (nSPS) is 28.3. The predicted molar refractivity (Wildman–Crippen MR) is 41.0 cm³/mol. The number of hydrogen-bond acceptors (Lipinski definition) is 2. The van der Waals surface area contributed by atoms with Crippen LogP contribution in [0.1, 0.15) is 0 Å². The molecular formula is C8H10F3NO. The summed E-state index contributed by atoms with van der Waals surface area (Å²) in [5.74, 6) is 3.06. The third kappa shape index (κ3) is 3.25. The molecular weight excluding hydrogens is 183 g/mol. The smallest absolute Gasteiger partial charge is 0.379 e. The molecule has 0 aromatic carbocycles. The average Bonchev–Trinajstić information content (AvgIpc) is 2.46. The van der Waals surface area contributed by atoms with E-state index in [4.69, 9.17) is 4.74 Å². The van der Waals surface area contributed by atoms with Crippen LogP contribution in [0.15, 0.2) is 0 Å². The van der Waals surface area contributed by atoms with Gasteiger partial charge in [-0.1, -0.05) is 5.92 Å². The topological polar surface area (TPSA) is 21.3 Å². The number of hydrogen-bond donors (Lipinski definition) is 1. The Morgan fingerprint density at radius 1 is 1.38 bits per heavy atom. The van der Waals surface area contributed by atoms with Crippen LogP contribution in [0.2, 0.25) is 0 Å². The van der Waals surface area contributed by atoms with Crippen molar-refractivity contribution in [1.29, 1.82) is 0 Å². The fourth-order valence-corrected chi connectivity index (χ4v) is 1.22.